The van der Waals surface area contributed by atoms with Crippen LogP contribution >= 0.6 is 23.1 Å². The molecule has 0 fully saturated rings. The third kappa shape index (κ3) is 4.83. The van der Waals surface area contributed by atoms with Crippen molar-refractivity contribution in [2.45, 2.75) is 44.3 Å². The van der Waals surface area contributed by atoms with Crippen LogP contribution in [-0.4, -0.2) is 29.1 Å². The Hall–Kier alpha value is -2.12. The molecule has 0 amide bonds. The van der Waals surface area contributed by atoms with E-state index in [1.807, 2.05) is 32.0 Å². The van der Waals surface area contributed by atoms with Gasteiger partial charge in [-0.2, -0.15) is 0 Å². The number of anilines is 1. The number of aryl methyl sites for hydroxylation is 1. The second-order valence-electron chi connectivity index (χ2n) is 6.33. The van der Waals surface area contributed by atoms with Crippen LogP contribution in [-0.2, 0) is 10.5 Å². The Balaban J connectivity index is 1.94. The average molecular weight is 416 g/mol. The van der Waals surface area contributed by atoms with E-state index in [1.165, 1.54) is 16.2 Å². The second kappa shape index (κ2) is 9.89. The Kier molecular flexibility index (Phi) is 7.28. The van der Waals surface area contributed by atoms with Crippen molar-refractivity contribution in [2.24, 2.45) is 0 Å². The van der Waals surface area contributed by atoms with E-state index in [0.29, 0.717) is 17.2 Å². The molecule has 0 aliphatic heterocycles. The van der Waals surface area contributed by atoms with Crippen LogP contribution in [0.3, 0.4) is 0 Å². The van der Waals surface area contributed by atoms with Crippen LogP contribution in [0.25, 0.3) is 10.2 Å². The zero-order valence-corrected chi connectivity index (χ0v) is 18.1. The van der Waals surface area contributed by atoms with Crippen LogP contribution in [0.2, 0.25) is 0 Å². The van der Waals surface area contributed by atoms with Gasteiger partial charge in [0.15, 0.2) is 0 Å². The van der Waals surface area contributed by atoms with E-state index < -0.39 is 0 Å². The van der Waals surface area contributed by atoms with Crippen molar-refractivity contribution < 1.29 is 9.53 Å². The molecule has 0 saturated carbocycles. The maximum Gasteiger partial charge on any atom is 0.348 e. The van der Waals surface area contributed by atoms with Gasteiger partial charge in [0.25, 0.3) is 0 Å². The number of rotatable bonds is 9. The summed E-state index contributed by atoms with van der Waals surface area (Å²) in [5.74, 6) is 1.96. The molecule has 5 nitrogen and oxygen atoms in total. The molecule has 0 unspecified atom stereocenters. The number of nitrogens with zero attached hydrogens (tertiary/aromatic N) is 2. The monoisotopic (exact) mass is 415 g/mol. The fraction of sp³-hybridized carbons (Fsp3) is 0.381. The summed E-state index contributed by atoms with van der Waals surface area (Å²) < 4.78 is 5.21. The first kappa shape index (κ1) is 20.6. The first-order chi connectivity index (χ1) is 13.6. The molecule has 0 spiro atoms. The van der Waals surface area contributed by atoms with Gasteiger partial charge in [-0.15, -0.1) is 23.1 Å². The molecule has 0 saturated heterocycles. The van der Waals surface area contributed by atoms with E-state index in [-0.39, 0.29) is 5.97 Å². The number of esters is 1. The molecule has 2 heterocycles. The Morgan fingerprint density at radius 2 is 2.00 bits per heavy atom. The van der Waals surface area contributed by atoms with Crippen LogP contribution in [0.1, 0.15) is 47.7 Å². The second-order valence-corrected chi connectivity index (χ2v) is 8.38. The highest BCUT2D eigenvalue weighted by molar-refractivity contribution is 7.98. The summed E-state index contributed by atoms with van der Waals surface area (Å²) in [5, 5.41) is 4.37. The average Bonchev–Trinajstić information content (AvgIpc) is 3.04. The van der Waals surface area contributed by atoms with Crippen molar-refractivity contribution in [1.29, 1.82) is 0 Å². The lowest BCUT2D eigenvalue weighted by Crippen LogP contribution is -2.07. The van der Waals surface area contributed by atoms with Gasteiger partial charge < -0.3 is 10.1 Å². The third-order valence-corrected chi connectivity index (χ3v) is 6.40. The number of unbranched alkanes of at least 4 members (excludes halogenated alkanes) is 1. The lowest BCUT2D eigenvalue weighted by atomic mass is 10.2. The molecule has 7 heteroatoms. The van der Waals surface area contributed by atoms with Crippen molar-refractivity contribution in [3.05, 3.63) is 46.6 Å². The molecule has 3 rings (SSSR count). The van der Waals surface area contributed by atoms with Gasteiger partial charge in [0.1, 0.15) is 21.3 Å². The highest BCUT2D eigenvalue weighted by Gasteiger charge is 2.21. The first-order valence-electron chi connectivity index (χ1n) is 9.52. The Bertz CT molecular complexity index is 942. The Morgan fingerprint density at radius 1 is 1.21 bits per heavy atom. The zero-order valence-electron chi connectivity index (χ0n) is 16.4. The highest BCUT2D eigenvalue weighted by atomic mass is 32.2. The largest absolute Gasteiger partial charge is 0.462 e. The summed E-state index contributed by atoms with van der Waals surface area (Å²) in [7, 11) is 0. The topological polar surface area (TPSA) is 64.1 Å². The molecular weight excluding hydrogens is 390 g/mol. The maximum absolute atomic E-state index is 12.3. The Labute approximate surface area is 173 Å². The van der Waals surface area contributed by atoms with Gasteiger partial charge in [0.05, 0.1) is 17.7 Å². The molecule has 28 heavy (non-hydrogen) atoms. The minimum atomic E-state index is -0.289. The third-order valence-electron chi connectivity index (χ3n) is 4.23. The van der Waals surface area contributed by atoms with Crippen molar-refractivity contribution in [3.63, 3.8) is 0 Å². The van der Waals surface area contributed by atoms with Crippen molar-refractivity contribution in [3.8, 4) is 0 Å². The zero-order chi connectivity index (χ0) is 19.9. The summed E-state index contributed by atoms with van der Waals surface area (Å²) in [6.45, 7) is 7.12. The van der Waals surface area contributed by atoms with Crippen LogP contribution in [0.15, 0.2) is 35.2 Å². The van der Waals surface area contributed by atoms with Crippen molar-refractivity contribution in [2.75, 3.05) is 18.5 Å². The summed E-state index contributed by atoms with van der Waals surface area (Å²) >= 11 is 3.09. The van der Waals surface area contributed by atoms with E-state index in [0.717, 1.165) is 46.8 Å². The Morgan fingerprint density at radius 3 is 2.71 bits per heavy atom. The molecule has 0 radical (unpaired) electrons. The number of carbonyl (C=O) groups excluding carboxylic acids is 1. The molecule has 0 atom stereocenters. The van der Waals surface area contributed by atoms with Crippen LogP contribution in [0.4, 0.5) is 5.82 Å². The molecule has 1 aromatic carbocycles. The normalized spacial score (nSPS) is 11.0. The lowest BCUT2D eigenvalue weighted by Gasteiger charge is -2.09. The predicted molar refractivity (Wildman–Crippen MR) is 118 cm³/mol. The number of ether oxygens (including phenoxy) is 1. The first-order valence-corrected chi connectivity index (χ1v) is 11.3. The van der Waals surface area contributed by atoms with Crippen LogP contribution < -0.4 is 5.32 Å². The van der Waals surface area contributed by atoms with Gasteiger partial charge in [-0.25, -0.2) is 14.8 Å². The number of carbonyl (C=O) groups is 1. The highest BCUT2D eigenvalue weighted by Crippen LogP contribution is 2.35. The maximum atomic E-state index is 12.3. The van der Waals surface area contributed by atoms with Gasteiger partial charge in [-0.05, 0) is 38.0 Å². The summed E-state index contributed by atoms with van der Waals surface area (Å²) in [6.07, 6.45) is 2.17. The number of fused-ring (bicyclic) bond motifs is 1. The number of thiophene rings is 1. The SMILES string of the molecule is CCCCNc1nc(CSc2ccccc2)nc2sc(C(=O)OCC)c(C)c12. The molecule has 0 bridgehead atoms. The molecule has 3 aromatic rings. The minimum Gasteiger partial charge on any atom is -0.462 e. The van der Waals surface area contributed by atoms with Crippen LogP contribution in [0.5, 0.6) is 0 Å². The van der Waals surface area contributed by atoms with Crippen LogP contribution in [0, 0.1) is 6.92 Å². The molecule has 0 aliphatic carbocycles. The fourth-order valence-corrected chi connectivity index (χ4v) is 4.68. The van der Waals surface area contributed by atoms with Gasteiger partial charge in [0, 0.05) is 11.4 Å². The van der Waals surface area contributed by atoms with E-state index in [1.54, 1.807) is 11.8 Å². The van der Waals surface area contributed by atoms with Gasteiger partial charge in [-0.3, -0.25) is 0 Å². The molecule has 0 aliphatic rings. The van der Waals surface area contributed by atoms with Crippen molar-refractivity contribution in [1.82, 2.24) is 9.97 Å². The molecule has 1 N–H and O–H groups in total. The number of benzene rings is 1. The van der Waals surface area contributed by atoms with E-state index >= 15 is 0 Å². The molecule has 148 valence electrons. The standard InChI is InChI=1S/C21H25N3O2S2/c1-4-6-12-22-19-17-14(3)18(21(25)26-5-2)28-20(17)24-16(23-19)13-27-15-10-8-7-9-11-15/h7-11H,4-6,12-13H2,1-3H3,(H,22,23,24). The minimum absolute atomic E-state index is 0.289. The summed E-state index contributed by atoms with van der Waals surface area (Å²) in [6, 6.07) is 10.2. The molecule has 2 aromatic heterocycles. The van der Waals surface area contributed by atoms with E-state index in [2.05, 4.69) is 24.4 Å². The number of thioether (sulfide) groups is 1. The quantitative estimate of drug-likeness (QED) is 0.275. The summed E-state index contributed by atoms with van der Waals surface area (Å²) in [5.41, 5.74) is 0.889. The van der Waals surface area contributed by atoms with Gasteiger partial charge in [0.2, 0.25) is 0 Å². The van der Waals surface area contributed by atoms with Gasteiger partial charge >= 0.3 is 5.97 Å². The number of aromatic nitrogens is 2. The number of hydrogen-bond donors (Lipinski definition) is 1. The number of hydrogen-bond acceptors (Lipinski definition) is 7. The fourth-order valence-electron chi connectivity index (χ4n) is 2.82. The van der Waals surface area contributed by atoms with Crippen molar-refractivity contribution >= 4 is 45.1 Å². The lowest BCUT2D eigenvalue weighted by molar-refractivity contribution is 0.0531. The van der Waals surface area contributed by atoms with Gasteiger partial charge in [-0.1, -0.05) is 31.5 Å². The van der Waals surface area contributed by atoms with E-state index in [4.69, 9.17) is 14.7 Å². The summed E-state index contributed by atoms with van der Waals surface area (Å²) in [4.78, 5) is 24.5. The van der Waals surface area contributed by atoms with E-state index in [9.17, 15) is 4.79 Å². The smallest absolute Gasteiger partial charge is 0.348 e. The molecular formula is C21H25N3O2S2. The number of nitrogens with one attached hydrogen (secondary N) is 1. The predicted octanol–water partition coefficient (Wildman–Crippen LogP) is 5.68.